The van der Waals surface area contributed by atoms with E-state index in [1.165, 1.54) is 6.07 Å². The van der Waals surface area contributed by atoms with Crippen molar-refractivity contribution in [2.45, 2.75) is 18.2 Å². The largest absolute Gasteiger partial charge is 0.466 e. The van der Waals surface area contributed by atoms with Crippen LogP contribution < -0.4 is 0 Å². The molecule has 0 atom stereocenters. The van der Waals surface area contributed by atoms with Gasteiger partial charge in [-0.05, 0) is 19.1 Å². The van der Waals surface area contributed by atoms with Crippen LogP contribution in [-0.2, 0) is 14.3 Å². The molecule has 6 heteroatoms. The predicted molar refractivity (Wildman–Crippen MR) is 63.3 cm³/mol. The fourth-order valence-electron chi connectivity index (χ4n) is 1.17. The van der Waals surface area contributed by atoms with E-state index >= 15 is 0 Å². The summed E-state index contributed by atoms with van der Waals surface area (Å²) < 4.78 is 30.5. The van der Waals surface area contributed by atoms with Gasteiger partial charge in [0.2, 0.25) is 0 Å². The lowest BCUT2D eigenvalue weighted by molar-refractivity contribution is -0.145. The Bertz CT molecular complexity index is 449. The maximum atomic E-state index is 13.2. The van der Waals surface area contributed by atoms with Crippen molar-refractivity contribution in [3.63, 3.8) is 0 Å². The Hall–Kier alpha value is -1.43. The molecule has 98 valence electrons. The second kappa shape index (κ2) is 7.10. The number of carbonyl (C=O) groups is 2. The Balaban J connectivity index is 2.45. The van der Waals surface area contributed by atoms with Crippen molar-refractivity contribution in [3.8, 4) is 0 Å². The minimum Gasteiger partial charge on any atom is -0.466 e. The van der Waals surface area contributed by atoms with E-state index in [4.69, 9.17) is 0 Å². The van der Waals surface area contributed by atoms with Crippen molar-refractivity contribution in [2.24, 2.45) is 0 Å². The van der Waals surface area contributed by atoms with Gasteiger partial charge in [-0.15, -0.1) is 11.8 Å². The molecule has 0 amide bonds. The molecule has 0 aliphatic heterocycles. The molecular weight excluding hydrogens is 262 g/mol. The van der Waals surface area contributed by atoms with Crippen LogP contribution in [0.25, 0.3) is 0 Å². The number of carbonyl (C=O) groups excluding carboxylic acids is 2. The van der Waals surface area contributed by atoms with Crippen molar-refractivity contribution in [1.29, 1.82) is 0 Å². The standard InChI is InChI=1S/C12H12F2O3S/c1-2-17-12(16)6-9(15)7-18-11-4-3-8(13)5-10(11)14/h3-5H,2,6-7H2,1H3. The minimum absolute atomic E-state index is 0.0542. The molecule has 0 aromatic heterocycles. The van der Waals surface area contributed by atoms with Gasteiger partial charge in [-0.3, -0.25) is 9.59 Å². The molecule has 0 aliphatic carbocycles. The number of hydrogen-bond donors (Lipinski definition) is 0. The van der Waals surface area contributed by atoms with Gasteiger partial charge in [0.1, 0.15) is 18.1 Å². The first-order chi connectivity index (χ1) is 8.52. The summed E-state index contributed by atoms with van der Waals surface area (Å²) in [4.78, 5) is 22.5. The second-order valence-electron chi connectivity index (χ2n) is 3.38. The van der Waals surface area contributed by atoms with E-state index in [1.54, 1.807) is 6.92 Å². The fraction of sp³-hybridized carbons (Fsp3) is 0.333. The van der Waals surface area contributed by atoms with E-state index in [1.807, 2.05) is 0 Å². The molecule has 0 radical (unpaired) electrons. The number of thioether (sulfide) groups is 1. The van der Waals surface area contributed by atoms with Crippen LogP contribution >= 0.6 is 11.8 Å². The highest BCUT2D eigenvalue weighted by atomic mass is 32.2. The van der Waals surface area contributed by atoms with Gasteiger partial charge in [0.15, 0.2) is 5.78 Å². The Kier molecular flexibility index (Phi) is 5.77. The molecule has 0 saturated carbocycles. The number of ketones is 1. The van der Waals surface area contributed by atoms with E-state index < -0.39 is 17.6 Å². The highest BCUT2D eigenvalue weighted by molar-refractivity contribution is 8.00. The van der Waals surface area contributed by atoms with Crippen LogP contribution in [0.3, 0.4) is 0 Å². The zero-order chi connectivity index (χ0) is 13.5. The Labute approximate surface area is 108 Å². The van der Waals surface area contributed by atoms with Crippen LogP contribution in [0.5, 0.6) is 0 Å². The van der Waals surface area contributed by atoms with E-state index in [2.05, 4.69) is 4.74 Å². The fourth-order valence-corrected chi connectivity index (χ4v) is 1.95. The SMILES string of the molecule is CCOC(=O)CC(=O)CSc1ccc(F)cc1F. The van der Waals surface area contributed by atoms with Crippen molar-refractivity contribution in [1.82, 2.24) is 0 Å². The summed E-state index contributed by atoms with van der Waals surface area (Å²) in [6.07, 6.45) is -0.330. The van der Waals surface area contributed by atoms with Crippen LogP contribution in [-0.4, -0.2) is 24.1 Å². The van der Waals surface area contributed by atoms with Crippen molar-refractivity contribution in [3.05, 3.63) is 29.8 Å². The third kappa shape index (κ3) is 4.83. The second-order valence-corrected chi connectivity index (χ2v) is 4.40. The van der Waals surface area contributed by atoms with Gasteiger partial charge in [0.25, 0.3) is 0 Å². The molecule has 0 bridgehead atoms. The molecule has 0 unspecified atom stereocenters. The maximum absolute atomic E-state index is 13.2. The smallest absolute Gasteiger partial charge is 0.313 e. The summed E-state index contributed by atoms with van der Waals surface area (Å²) in [7, 11) is 0. The van der Waals surface area contributed by atoms with E-state index in [9.17, 15) is 18.4 Å². The quantitative estimate of drug-likeness (QED) is 0.454. The van der Waals surface area contributed by atoms with Gasteiger partial charge >= 0.3 is 5.97 Å². The number of benzene rings is 1. The summed E-state index contributed by atoms with van der Waals surface area (Å²) in [6.45, 7) is 1.86. The van der Waals surface area contributed by atoms with Gasteiger partial charge in [-0.2, -0.15) is 0 Å². The van der Waals surface area contributed by atoms with E-state index in [0.29, 0.717) is 0 Å². The highest BCUT2D eigenvalue weighted by Gasteiger charge is 2.12. The summed E-state index contributed by atoms with van der Waals surface area (Å²) in [5.41, 5.74) is 0. The molecule has 0 aliphatic rings. The molecule has 0 heterocycles. The van der Waals surface area contributed by atoms with Crippen LogP contribution in [0.2, 0.25) is 0 Å². The van der Waals surface area contributed by atoms with Crippen LogP contribution in [0.1, 0.15) is 13.3 Å². The van der Waals surface area contributed by atoms with E-state index in [0.717, 1.165) is 23.9 Å². The molecule has 0 fully saturated rings. The molecule has 0 spiro atoms. The van der Waals surface area contributed by atoms with Crippen molar-refractivity contribution in [2.75, 3.05) is 12.4 Å². The first-order valence-corrected chi connectivity index (χ1v) is 6.26. The normalized spacial score (nSPS) is 10.2. The number of halogens is 2. The first-order valence-electron chi connectivity index (χ1n) is 5.28. The lowest BCUT2D eigenvalue weighted by Crippen LogP contribution is -2.12. The first kappa shape index (κ1) is 14.6. The number of ether oxygens (including phenoxy) is 1. The molecule has 0 N–H and O–H groups in total. The number of rotatable bonds is 6. The monoisotopic (exact) mass is 274 g/mol. The lowest BCUT2D eigenvalue weighted by Gasteiger charge is -2.03. The Morgan fingerprint density at radius 3 is 2.67 bits per heavy atom. The molecule has 18 heavy (non-hydrogen) atoms. The molecule has 3 nitrogen and oxygen atoms in total. The third-order valence-corrected chi connectivity index (χ3v) is 3.04. The molecular formula is C12H12F2O3S. The van der Waals surface area contributed by atoms with Gasteiger partial charge in [0, 0.05) is 11.0 Å². The van der Waals surface area contributed by atoms with Crippen LogP contribution in [0.4, 0.5) is 8.78 Å². The average Bonchev–Trinajstić information content (AvgIpc) is 2.28. The Morgan fingerprint density at radius 2 is 2.06 bits per heavy atom. The summed E-state index contributed by atoms with van der Waals surface area (Å²) in [5.74, 6) is -2.40. The minimum atomic E-state index is -0.719. The molecule has 0 saturated heterocycles. The molecule has 1 aromatic rings. The highest BCUT2D eigenvalue weighted by Crippen LogP contribution is 2.22. The summed E-state index contributed by atoms with van der Waals surface area (Å²) in [5, 5.41) is 0. The lowest BCUT2D eigenvalue weighted by atomic mass is 10.3. The van der Waals surface area contributed by atoms with E-state index in [-0.39, 0.29) is 29.5 Å². The topological polar surface area (TPSA) is 43.4 Å². The average molecular weight is 274 g/mol. The molecule has 1 aromatic carbocycles. The van der Waals surface area contributed by atoms with Gasteiger partial charge in [-0.1, -0.05) is 0 Å². The summed E-state index contributed by atoms with van der Waals surface area (Å²) in [6, 6.07) is 3.12. The van der Waals surface area contributed by atoms with Crippen molar-refractivity contribution >= 4 is 23.5 Å². The van der Waals surface area contributed by atoms with Gasteiger partial charge in [-0.25, -0.2) is 8.78 Å². The number of hydrogen-bond acceptors (Lipinski definition) is 4. The van der Waals surface area contributed by atoms with Crippen molar-refractivity contribution < 1.29 is 23.1 Å². The van der Waals surface area contributed by atoms with Crippen LogP contribution in [0.15, 0.2) is 23.1 Å². The number of esters is 1. The Morgan fingerprint density at radius 1 is 1.33 bits per heavy atom. The third-order valence-electron chi connectivity index (χ3n) is 1.93. The molecule has 1 rings (SSSR count). The maximum Gasteiger partial charge on any atom is 0.313 e. The van der Waals surface area contributed by atoms with Crippen LogP contribution in [0, 0.1) is 11.6 Å². The van der Waals surface area contributed by atoms with Gasteiger partial charge < -0.3 is 4.74 Å². The predicted octanol–water partition coefficient (Wildman–Crippen LogP) is 2.58. The zero-order valence-electron chi connectivity index (χ0n) is 9.74. The van der Waals surface area contributed by atoms with Gasteiger partial charge in [0.05, 0.1) is 12.4 Å². The zero-order valence-corrected chi connectivity index (χ0v) is 10.6. The number of Topliss-reactive ketones (excluding diaryl/α,β-unsaturated/α-hetero) is 1. The summed E-state index contributed by atoms with van der Waals surface area (Å²) >= 11 is 0.925.